The Morgan fingerprint density at radius 2 is 2.00 bits per heavy atom. The van der Waals surface area contributed by atoms with Gasteiger partial charge in [-0.15, -0.1) is 0 Å². The van der Waals surface area contributed by atoms with E-state index in [0.29, 0.717) is 13.2 Å². The number of nitrogens with one attached hydrogen (secondary N) is 1. The number of hydrogen-bond donors (Lipinski definition) is 1. The third-order valence-corrected chi connectivity index (χ3v) is 4.53. The number of ether oxygens (including phenoxy) is 1. The first kappa shape index (κ1) is 20.2. The van der Waals surface area contributed by atoms with Gasteiger partial charge >= 0.3 is 5.97 Å². The largest absolute Gasteiger partial charge is 0.466 e. The molecule has 0 saturated carbocycles. The van der Waals surface area contributed by atoms with Crippen LogP contribution in [0.15, 0.2) is 29.3 Å². The van der Waals surface area contributed by atoms with Gasteiger partial charge in [-0.1, -0.05) is 24.3 Å². The van der Waals surface area contributed by atoms with E-state index >= 15 is 0 Å². The number of rotatable bonds is 6. The van der Waals surface area contributed by atoms with Crippen LogP contribution in [0.5, 0.6) is 0 Å². The lowest BCUT2D eigenvalue weighted by Gasteiger charge is -2.34. The zero-order valence-corrected chi connectivity index (χ0v) is 16.5. The molecule has 1 fully saturated rings. The maximum atomic E-state index is 12.0. The quantitative estimate of drug-likeness (QED) is 0.478. The summed E-state index contributed by atoms with van der Waals surface area (Å²) in [5.74, 6) is 0.688. The minimum absolute atomic E-state index is 0.0624. The normalized spacial score (nSPS) is 18.1. The van der Waals surface area contributed by atoms with Gasteiger partial charge in [0, 0.05) is 33.2 Å². The number of benzene rings is 1. The maximum Gasteiger partial charge on any atom is 0.310 e. The Labute approximate surface area is 157 Å². The molecular formula is C20H32N4O2. The highest BCUT2D eigenvalue weighted by atomic mass is 16.5. The Kier molecular flexibility index (Phi) is 7.91. The van der Waals surface area contributed by atoms with Crippen LogP contribution in [-0.2, 0) is 22.6 Å². The lowest BCUT2D eigenvalue weighted by molar-refractivity contribution is -0.149. The molecule has 0 amide bonds. The number of aliphatic imine (C=N–C) groups is 1. The minimum Gasteiger partial charge on any atom is -0.466 e. The van der Waals surface area contributed by atoms with Crippen LogP contribution in [0.2, 0.25) is 0 Å². The van der Waals surface area contributed by atoms with E-state index in [9.17, 15) is 4.79 Å². The molecule has 0 radical (unpaired) electrons. The van der Waals surface area contributed by atoms with Gasteiger partial charge in [-0.3, -0.25) is 9.79 Å². The SMILES string of the molecule is CCOC(=O)C1CCCN(C(=NC)NCc2ccc(CN(C)C)cc2)C1. The number of carbonyl (C=O) groups excluding carboxylic acids is 1. The second-order valence-electron chi connectivity index (χ2n) is 6.99. The van der Waals surface area contributed by atoms with Gasteiger partial charge in [0.15, 0.2) is 5.96 Å². The average molecular weight is 361 g/mol. The van der Waals surface area contributed by atoms with Crippen molar-refractivity contribution in [2.75, 3.05) is 40.8 Å². The Balaban J connectivity index is 1.89. The summed E-state index contributed by atoms with van der Waals surface area (Å²) >= 11 is 0. The van der Waals surface area contributed by atoms with Crippen molar-refractivity contribution in [1.29, 1.82) is 0 Å². The van der Waals surface area contributed by atoms with Crippen LogP contribution in [0.4, 0.5) is 0 Å². The van der Waals surface area contributed by atoms with Crippen LogP contribution < -0.4 is 5.32 Å². The van der Waals surface area contributed by atoms with Crippen molar-refractivity contribution in [3.8, 4) is 0 Å². The van der Waals surface area contributed by atoms with Crippen molar-refractivity contribution in [2.24, 2.45) is 10.9 Å². The molecule has 2 rings (SSSR count). The first-order valence-corrected chi connectivity index (χ1v) is 9.38. The number of piperidine rings is 1. The van der Waals surface area contributed by atoms with Gasteiger partial charge in [0.05, 0.1) is 12.5 Å². The van der Waals surface area contributed by atoms with Crippen molar-refractivity contribution < 1.29 is 9.53 Å². The number of guanidine groups is 1. The second-order valence-corrected chi connectivity index (χ2v) is 6.99. The van der Waals surface area contributed by atoms with E-state index in [1.807, 2.05) is 6.92 Å². The monoisotopic (exact) mass is 360 g/mol. The molecule has 0 spiro atoms. The highest BCUT2D eigenvalue weighted by Crippen LogP contribution is 2.18. The topological polar surface area (TPSA) is 57.2 Å². The van der Waals surface area contributed by atoms with Crippen LogP contribution in [0.3, 0.4) is 0 Å². The third kappa shape index (κ3) is 6.02. The molecule has 6 heteroatoms. The Hall–Kier alpha value is -2.08. The zero-order chi connectivity index (χ0) is 18.9. The molecule has 1 N–H and O–H groups in total. The molecule has 1 aliphatic rings. The van der Waals surface area contributed by atoms with E-state index in [2.05, 4.69) is 58.5 Å². The predicted molar refractivity (Wildman–Crippen MR) is 105 cm³/mol. The Morgan fingerprint density at radius 1 is 1.31 bits per heavy atom. The fourth-order valence-electron chi connectivity index (χ4n) is 3.26. The minimum atomic E-state index is -0.0934. The van der Waals surface area contributed by atoms with Gasteiger partial charge in [0.1, 0.15) is 0 Å². The van der Waals surface area contributed by atoms with Crippen LogP contribution in [0.25, 0.3) is 0 Å². The fourth-order valence-corrected chi connectivity index (χ4v) is 3.26. The van der Waals surface area contributed by atoms with E-state index in [4.69, 9.17) is 4.74 Å². The molecule has 26 heavy (non-hydrogen) atoms. The van der Waals surface area contributed by atoms with Crippen molar-refractivity contribution >= 4 is 11.9 Å². The van der Waals surface area contributed by atoms with Gasteiger partial charge in [0.2, 0.25) is 0 Å². The highest BCUT2D eigenvalue weighted by Gasteiger charge is 2.28. The van der Waals surface area contributed by atoms with E-state index in [0.717, 1.165) is 38.4 Å². The highest BCUT2D eigenvalue weighted by molar-refractivity contribution is 5.81. The summed E-state index contributed by atoms with van der Waals surface area (Å²) in [6.07, 6.45) is 1.86. The van der Waals surface area contributed by atoms with Crippen LogP contribution in [-0.4, -0.2) is 62.6 Å². The molecule has 1 saturated heterocycles. The van der Waals surface area contributed by atoms with Gasteiger partial charge in [-0.05, 0) is 45.0 Å². The molecule has 0 aliphatic carbocycles. The summed E-state index contributed by atoms with van der Waals surface area (Å²) in [7, 11) is 5.93. The molecule has 1 aromatic rings. The van der Waals surface area contributed by atoms with Gasteiger partial charge in [-0.2, -0.15) is 0 Å². The molecule has 1 unspecified atom stereocenters. The van der Waals surface area contributed by atoms with Crippen molar-refractivity contribution in [3.63, 3.8) is 0 Å². The van der Waals surface area contributed by atoms with Crippen LogP contribution in [0, 0.1) is 5.92 Å². The van der Waals surface area contributed by atoms with Gasteiger partial charge in [-0.25, -0.2) is 0 Å². The first-order valence-electron chi connectivity index (χ1n) is 9.38. The van der Waals surface area contributed by atoms with E-state index in [1.165, 1.54) is 11.1 Å². The second kappa shape index (κ2) is 10.2. The number of esters is 1. The number of carbonyl (C=O) groups is 1. The Bertz CT molecular complexity index is 598. The molecule has 1 heterocycles. The third-order valence-electron chi connectivity index (χ3n) is 4.53. The van der Waals surface area contributed by atoms with E-state index in [-0.39, 0.29) is 11.9 Å². The lowest BCUT2D eigenvalue weighted by Crippen LogP contribution is -2.48. The number of nitrogens with zero attached hydrogens (tertiary/aromatic N) is 3. The molecule has 0 bridgehead atoms. The molecule has 1 aliphatic heterocycles. The fraction of sp³-hybridized carbons (Fsp3) is 0.600. The number of likely N-dealkylation sites (tertiary alicyclic amines) is 1. The smallest absolute Gasteiger partial charge is 0.310 e. The summed E-state index contributed by atoms with van der Waals surface area (Å²) in [4.78, 5) is 20.7. The summed E-state index contributed by atoms with van der Waals surface area (Å²) in [5, 5.41) is 3.42. The summed E-state index contributed by atoms with van der Waals surface area (Å²) in [6, 6.07) is 8.63. The first-order chi connectivity index (χ1) is 12.5. The van der Waals surface area contributed by atoms with Crippen LogP contribution >= 0.6 is 0 Å². The summed E-state index contributed by atoms with van der Waals surface area (Å²) in [5.41, 5.74) is 2.52. The molecule has 0 aromatic heterocycles. The standard InChI is InChI=1S/C20H32N4O2/c1-5-26-19(25)18-7-6-12-24(15-18)20(21-2)22-13-16-8-10-17(11-9-16)14-23(3)4/h8-11,18H,5-7,12-15H2,1-4H3,(H,21,22). The number of hydrogen-bond acceptors (Lipinski definition) is 4. The van der Waals surface area contributed by atoms with E-state index < -0.39 is 0 Å². The van der Waals surface area contributed by atoms with Gasteiger partial charge < -0.3 is 19.9 Å². The maximum absolute atomic E-state index is 12.0. The predicted octanol–water partition coefficient (Wildman–Crippen LogP) is 2.10. The molecule has 1 aromatic carbocycles. The van der Waals surface area contributed by atoms with Crippen molar-refractivity contribution in [3.05, 3.63) is 35.4 Å². The van der Waals surface area contributed by atoms with Crippen molar-refractivity contribution in [1.82, 2.24) is 15.1 Å². The van der Waals surface area contributed by atoms with Gasteiger partial charge in [0.25, 0.3) is 0 Å². The molecular weight excluding hydrogens is 328 g/mol. The summed E-state index contributed by atoms with van der Waals surface area (Å²) in [6.45, 7) is 5.53. The average Bonchev–Trinajstić information content (AvgIpc) is 2.63. The van der Waals surface area contributed by atoms with Crippen molar-refractivity contribution in [2.45, 2.75) is 32.9 Å². The molecule has 1 atom stereocenters. The molecule has 6 nitrogen and oxygen atoms in total. The lowest BCUT2D eigenvalue weighted by atomic mass is 9.98. The van der Waals surface area contributed by atoms with Crippen LogP contribution in [0.1, 0.15) is 30.9 Å². The van der Waals surface area contributed by atoms with E-state index in [1.54, 1.807) is 7.05 Å². The Morgan fingerprint density at radius 3 is 2.62 bits per heavy atom. The zero-order valence-electron chi connectivity index (χ0n) is 16.5. The molecule has 144 valence electrons. The summed E-state index contributed by atoms with van der Waals surface area (Å²) < 4.78 is 5.18.